The Labute approximate surface area is 191 Å². The minimum absolute atomic E-state index is 0.816. The molecule has 0 N–H and O–H groups in total. The van der Waals surface area contributed by atoms with E-state index in [1.54, 1.807) is 0 Å². The molecule has 0 saturated carbocycles. The van der Waals surface area contributed by atoms with Gasteiger partial charge in [-0.1, -0.05) is 114 Å². The average molecular weight is 425 g/mol. The maximum atomic E-state index is 7.26. The molecule has 33 heavy (non-hydrogen) atoms. The summed E-state index contributed by atoms with van der Waals surface area (Å²) in [6, 6.07) is 41.8. The van der Waals surface area contributed by atoms with Gasteiger partial charge >= 0.3 is 12.4 Å². The van der Waals surface area contributed by atoms with Crippen LogP contribution in [0.1, 0.15) is 0 Å². The van der Waals surface area contributed by atoms with Crippen molar-refractivity contribution in [3.63, 3.8) is 0 Å². The van der Waals surface area contributed by atoms with E-state index < -0.39 is 6.48 Å². The van der Waals surface area contributed by atoms with Crippen molar-refractivity contribution in [2.24, 2.45) is 0 Å². The highest BCUT2D eigenvalue weighted by atomic mass is 16.5. The van der Waals surface area contributed by atoms with Crippen molar-refractivity contribution < 1.29 is 13.5 Å². The number of hydrogen-bond donors (Lipinski definition) is 0. The Hall–Kier alpha value is -4.31. The summed E-state index contributed by atoms with van der Waals surface area (Å²) in [7, 11) is 0. The van der Waals surface area contributed by atoms with Crippen LogP contribution in [0, 0.1) is 0 Å². The summed E-state index contributed by atoms with van der Waals surface area (Å²) < 4.78 is 16.1. The van der Waals surface area contributed by atoms with Crippen molar-refractivity contribution in [2.75, 3.05) is 0 Å². The van der Waals surface area contributed by atoms with Crippen LogP contribution in [0.25, 0.3) is 33.3 Å². The molecule has 0 saturated heterocycles. The highest BCUT2D eigenvalue weighted by Crippen LogP contribution is 2.41. The van der Waals surface area contributed by atoms with E-state index in [4.69, 9.17) is 9.07 Å². The fourth-order valence-electron chi connectivity index (χ4n) is 5.37. The first kappa shape index (κ1) is 18.3. The highest BCUT2D eigenvalue weighted by Gasteiger charge is 2.52. The molecule has 0 fully saturated rings. The number of fused-ring (bicyclic) bond motifs is 7. The van der Waals surface area contributed by atoms with Crippen molar-refractivity contribution in [3.05, 3.63) is 121 Å². The van der Waals surface area contributed by atoms with Crippen LogP contribution in [0.2, 0.25) is 0 Å². The first-order chi connectivity index (χ1) is 16.4. The second-order valence-electron chi connectivity index (χ2n) is 8.59. The lowest BCUT2D eigenvalue weighted by Crippen LogP contribution is -2.83. The van der Waals surface area contributed by atoms with Crippen molar-refractivity contribution in [2.45, 2.75) is 0 Å². The molecular formula is C29H20BNO2. The highest BCUT2D eigenvalue weighted by molar-refractivity contribution is 6.92. The fraction of sp³-hybridized carbons (Fsp3) is 0. The largest absolute Gasteiger partial charge is 0.650 e. The Balaban J connectivity index is 1.70. The van der Waals surface area contributed by atoms with E-state index >= 15 is 0 Å². The van der Waals surface area contributed by atoms with Gasteiger partial charge in [-0.3, -0.25) is 0 Å². The zero-order valence-corrected chi connectivity index (χ0v) is 17.9. The van der Waals surface area contributed by atoms with Gasteiger partial charge in [0.25, 0.3) is 0 Å². The molecule has 7 rings (SSSR count). The molecule has 0 aliphatic carbocycles. The lowest BCUT2D eigenvalue weighted by atomic mass is 9.40. The van der Waals surface area contributed by atoms with Gasteiger partial charge in [0.15, 0.2) is 5.58 Å². The summed E-state index contributed by atoms with van der Waals surface area (Å²) in [6.45, 7) is -1.87. The molecule has 0 spiro atoms. The fourth-order valence-corrected chi connectivity index (χ4v) is 5.37. The van der Waals surface area contributed by atoms with Crippen LogP contribution in [0.4, 0.5) is 0 Å². The Morgan fingerprint density at radius 3 is 1.97 bits per heavy atom. The second kappa shape index (κ2) is 6.85. The number of para-hydroxylation sites is 2. The van der Waals surface area contributed by atoms with Crippen molar-refractivity contribution in [3.8, 4) is 17.2 Å². The first-order valence-electron chi connectivity index (χ1n) is 11.3. The van der Waals surface area contributed by atoms with Crippen LogP contribution in [-0.2, 0) is 0 Å². The molecule has 2 heterocycles. The third-order valence-electron chi connectivity index (χ3n) is 6.82. The van der Waals surface area contributed by atoms with Gasteiger partial charge in [0.2, 0.25) is 5.52 Å². The van der Waals surface area contributed by atoms with Crippen LogP contribution in [-0.4, -0.2) is 6.48 Å². The minimum Gasteiger partial charge on any atom is -0.650 e. The number of oxazole rings is 1. The monoisotopic (exact) mass is 425 g/mol. The van der Waals surface area contributed by atoms with Gasteiger partial charge in [-0.2, -0.15) is 0 Å². The number of rotatable bonds is 2. The Kier molecular flexibility index (Phi) is 3.79. The zero-order valence-electron chi connectivity index (χ0n) is 17.9. The molecule has 0 amide bonds. The van der Waals surface area contributed by atoms with E-state index in [1.807, 2.05) is 24.3 Å². The lowest BCUT2D eigenvalue weighted by Gasteiger charge is -2.40. The predicted octanol–water partition coefficient (Wildman–Crippen LogP) is 5.04. The molecule has 6 aromatic rings. The van der Waals surface area contributed by atoms with E-state index in [0.29, 0.717) is 0 Å². The van der Waals surface area contributed by atoms with Gasteiger partial charge in [-0.25, -0.2) is 0 Å². The molecule has 5 aromatic carbocycles. The lowest BCUT2D eigenvalue weighted by molar-refractivity contribution is -0.518. The maximum absolute atomic E-state index is 7.26. The van der Waals surface area contributed by atoms with Gasteiger partial charge in [0, 0.05) is 11.5 Å². The third kappa shape index (κ3) is 2.49. The first-order valence-corrected chi connectivity index (χ1v) is 11.3. The van der Waals surface area contributed by atoms with Gasteiger partial charge in [0.05, 0.1) is 5.75 Å². The summed E-state index contributed by atoms with van der Waals surface area (Å²) >= 11 is 0. The molecule has 0 bridgehead atoms. The van der Waals surface area contributed by atoms with E-state index in [9.17, 15) is 0 Å². The predicted molar refractivity (Wildman–Crippen MR) is 133 cm³/mol. The molecule has 4 heteroatoms. The van der Waals surface area contributed by atoms with Crippen LogP contribution < -0.4 is 20.1 Å². The van der Waals surface area contributed by atoms with E-state index in [1.165, 1.54) is 0 Å². The molecule has 0 unspecified atom stereocenters. The quantitative estimate of drug-likeness (QED) is 0.364. The normalized spacial score (nSPS) is 13.9. The van der Waals surface area contributed by atoms with Crippen LogP contribution in [0.5, 0.6) is 5.75 Å². The molecule has 0 atom stereocenters. The molecule has 1 aliphatic rings. The standard InChI is InChI=1S/C29H20BNO2/c1-3-12-22(13-4-1)30(23-14-5-2-6-15-23)31-26-17-9-10-18-27(26)32-29(31)25-20-19-21-11-7-8-16-24(21)28(25)33-30/h1-20H. The molecule has 156 valence electrons. The Morgan fingerprint density at radius 2 is 1.21 bits per heavy atom. The van der Waals surface area contributed by atoms with E-state index in [2.05, 4.69) is 102 Å². The summed E-state index contributed by atoms with van der Waals surface area (Å²) in [5.41, 5.74) is 5.02. The van der Waals surface area contributed by atoms with E-state index in [-0.39, 0.29) is 0 Å². The van der Waals surface area contributed by atoms with Crippen LogP contribution in [0.3, 0.4) is 0 Å². The zero-order chi connectivity index (χ0) is 21.8. The minimum atomic E-state index is -1.87. The number of aromatic nitrogens is 1. The molecular weight excluding hydrogens is 405 g/mol. The van der Waals surface area contributed by atoms with Gasteiger partial charge in [0.1, 0.15) is 5.56 Å². The Bertz CT molecular complexity index is 1600. The third-order valence-corrected chi connectivity index (χ3v) is 6.82. The molecule has 1 aliphatic heterocycles. The topological polar surface area (TPSA) is 26.2 Å². The van der Waals surface area contributed by atoms with Crippen molar-refractivity contribution in [1.29, 1.82) is 0 Å². The molecule has 1 aromatic heterocycles. The second-order valence-corrected chi connectivity index (χ2v) is 8.59. The summed E-state index contributed by atoms with van der Waals surface area (Å²) in [5.74, 6) is 1.68. The Morgan fingerprint density at radius 1 is 0.576 bits per heavy atom. The SMILES string of the molecule is c1ccc([B-]2(c3ccccc3)Oc3c(ccc4ccccc34)-c3oc4ccccc4[n+]32)cc1. The number of hydrogen-bond acceptors (Lipinski definition) is 2. The van der Waals surface area contributed by atoms with Crippen molar-refractivity contribution >= 4 is 39.3 Å². The number of benzene rings is 5. The summed E-state index contributed by atoms with van der Waals surface area (Å²) in [4.78, 5) is 0. The van der Waals surface area contributed by atoms with Crippen LogP contribution >= 0.6 is 0 Å². The molecule has 0 radical (unpaired) electrons. The van der Waals surface area contributed by atoms with E-state index in [0.717, 1.165) is 50.0 Å². The average Bonchev–Trinajstić information content (AvgIpc) is 3.29. The summed E-state index contributed by atoms with van der Waals surface area (Å²) in [6.07, 6.45) is 0. The van der Waals surface area contributed by atoms with Gasteiger partial charge in [-0.05, 0) is 17.5 Å². The summed E-state index contributed by atoms with van der Waals surface area (Å²) in [5, 5.41) is 2.23. The maximum Gasteiger partial charge on any atom is 0.516 e. The van der Waals surface area contributed by atoms with Gasteiger partial charge in [-0.15, -0.1) is 0 Å². The number of nitrogens with zero attached hydrogens (tertiary/aromatic N) is 1. The van der Waals surface area contributed by atoms with Crippen LogP contribution in [0.15, 0.2) is 126 Å². The van der Waals surface area contributed by atoms with Crippen molar-refractivity contribution in [1.82, 2.24) is 0 Å². The van der Waals surface area contributed by atoms with Gasteiger partial charge < -0.3 is 13.5 Å². The smallest absolute Gasteiger partial charge is 0.516 e. The molecule has 3 nitrogen and oxygen atoms in total.